The molecule has 3 rings (SSSR count). The van der Waals surface area contributed by atoms with E-state index in [0.29, 0.717) is 17.6 Å². The standard InChI is InChI=1S/C19H29NO/c1-4-21-18-13-17(19(18)10-6-5-7-11-19)20-16-9-8-14(2)15(3)12-16/h8-9,12,17-18,20H,4-7,10-11,13H2,1-3H3. The van der Waals surface area contributed by atoms with Gasteiger partial charge in [0.2, 0.25) is 0 Å². The van der Waals surface area contributed by atoms with Gasteiger partial charge >= 0.3 is 0 Å². The summed E-state index contributed by atoms with van der Waals surface area (Å²) < 4.78 is 6.04. The van der Waals surface area contributed by atoms with Crippen molar-refractivity contribution in [2.45, 2.75) is 71.4 Å². The van der Waals surface area contributed by atoms with E-state index in [1.807, 2.05) is 0 Å². The zero-order chi connectivity index (χ0) is 14.9. The Morgan fingerprint density at radius 2 is 1.90 bits per heavy atom. The Bertz CT molecular complexity index is 490. The van der Waals surface area contributed by atoms with Gasteiger partial charge in [0, 0.05) is 23.8 Å². The van der Waals surface area contributed by atoms with Crippen LogP contribution in [0, 0.1) is 19.3 Å². The zero-order valence-electron chi connectivity index (χ0n) is 13.7. The Morgan fingerprint density at radius 3 is 2.57 bits per heavy atom. The number of anilines is 1. The molecule has 2 saturated carbocycles. The number of ether oxygens (including phenoxy) is 1. The molecule has 2 unspecified atom stereocenters. The average Bonchev–Trinajstić information content (AvgIpc) is 2.50. The SMILES string of the molecule is CCOC1CC(Nc2ccc(C)c(C)c2)C12CCCCC2. The third-order valence-electron chi connectivity index (χ3n) is 5.79. The van der Waals surface area contributed by atoms with Gasteiger partial charge in [0.1, 0.15) is 0 Å². The van der Waals surface area contributed by atoms with Crippen molar-refractivity contribution in [3.8, 4) is 0 Å². The molecule has 21 heavy (non-hydrogen) atoms. The molecule has 2 aliphatic carbocycles. The van der Waals surface area contributed by atoms with Gasteiger partial charge in [-0.15, -0.1) is 0 Å². The highest BCUT2D eigenvalue weighted by atomic mass is 16.5. The van der Waals surface area contributed by atoms with Crippen molar-refractivity contribution >= 4 is 5.69 Å². The molecular weight excluding hydrogens is 258 g/mol. The third-order valence-corrected chi connectivity index (χ3v) is 5.79. The molecule has 2 fully saturated rings. The number of aryl methyl sites for hydroxylation is 2. The smallest absolute Gasteiger partial charge is 0.0670 e. The molecule has 116 valence electrons. The van der Waals surface area contributed by atoms with Gasteiger partial charge in [-0.2, -0.15) is 0 Å². The van der Waals surface area contributed by atoms with Crippen LogP contribution in [0.2, 0.25) is 0 Å². The van der Waals surface area contributed by atoms with Gasteiger partial charge in [0.15, 0.2) is 0 Å². The Morgan fingerprint density at radius 1 is 1.14 bits per heavy atom. The van der Waals surface area contributed by atoms with Crippen LogP contribution in [0.4, 0.5) is 5.69 Å². The van der Waals surface area contributed by atoms with E-state index < -0.39 is 0 Å². The van der Waals surface area contributed by atoms with Crippen LogP contribution in [0.5, 0.6) is 0 Å². The van der Waals surface area contributed by atoms with E-state index in [9.17, 15) is 0 Å². The van der Waals surface area contributed by atoms with Gasteiger partial charge in [-0.05, 0) is 63.3 Å². The maximum absolute atomic E-state index is 6.04. The lowest BCUT2D eigenvalue weighted by Gasteiger charge is -2.58. The van der Waals surface area contributed by atoms with E-state index in [0.717, 1.165) is 6.61 Å². The van der Waals surface area contributed by atoms with E-state index >= 15 is 0 Å². The van der Waals surface area contributed by atoms with E-state index in [1.165, 1.54) is 55.3 Å². The van der Waals surface area contributed by atoms with Gasteiger partial charge in [-0.1, -0.05) is 25.3 Å². The van der Waals surface area contributed by atoms with Crippen molar-refractivity contribution < 1.29 is 4.74 Å². The molecular formula is C19H29NO. The van der Waals surface area contributed by atoms with Crippen LogP contribution in [0.25, 0.3) is 0 Å². The predicted molar refractivity (Wildman–Crippen MR) is 88.9 cm³/mol. The minimum absolute atomic E-state index is 0.396. The Kier molecular flexibility index (Phi) is 4.26. The lowest BCUT2D eigenvalue weighted by molar-refractivity contribution is -0.134. The van der Waals surface area contributed by atoms with Crippen molar-refractivity contribution in [1.29, 1.82) is 0 Å². The summed E-state index contributed by atoms with van der Waals surface area (Å²) in [4.78, 5) is 0. The molecule has 1 aromatic rings. The fraction of sp³-hybridized carbons (Fsp3) is 0.684. The maximum atomic E-state index is 6.04. The molecule has 2 atom stereocenters. The van der Waals surface area contributed by atoms with Crippen LogP contribution >= 0.6 is 0 Å². The minimum atomic E-state index is 0.396. The van der Waals surface area contributed by atoms with Gasteiger partial charge < -0.3 is 10.1 Å². The summed E-state index contributed by atoms with van der Waals surface area (Å²) in [6, 6.07) is 7.34. The predicted octanol–water partition coefficient (Wildman–Crippen LogP) is 4.84. The summed E-state index contributed by atoms with van der Waals surface area (Å²) in [5.41, 5.74) is 4.42. The van der Waals surface area contributed by atoms with Crippen LogP contribution in [-0.2, 0) is 4.74 Å². The molecule has 0 radical (unpaired) electrons. The van der Waals surface area contributed by atoms with Crippen LogP contribution in [0.3, 0.4) is 0 Å². The summed E-state index contributed by atoms with van der Waals surface area (Å²) in [6.07, 6.45) is 8.45. The lowest BCUT2D eigenvalue weighted by Crippen LogP contribution is -2.62. The van der Waals surface area contributed by atoms with E-state index in [1.54, 1.807) is 0 Å². The minimum Gasteiger partial charge on any atom is -0.382 e. The van der Waals surface area contributed by atoms with Crippen LogP contribution in [0.15, 0.2) is 18.2 Å². The second-order valence-corrected chi connectivity index (χ2v) is 6.97. The molecule has 2 aliphatic rings. The summed E-state index contributed by atoms with van der Waals surface area (Å²) >= 11 is 0. The number of benzene rings is 1. The topological polar surface area (TPSA) is 21.3 Å². The normalized spacial score (nSPS) is 27.4. The molecule has 0 heterocycles. The van der Waals surface area contributed by atoms with Crippen molar-refractivity contribution in [2.75, 3.05) is 11.9 Å². The first-order valence-electron chi connectivity index (χ1n) is 8.61. The fourth-order valence-electron chi connectivity index (χ4n) is 4.30. The van der Waals surface area contributed by atoms with Crippen molar-refractivity contribution in [3.05, 3.63) is 29.3 Å². The molecule has 0 aromatic heterocycles. The first-order valence-corrected chi connectivity index (χ1v) is 8.61. The number of hydrogen-bond donors (Lipinski definition) is 1. The zero-order valence-corrected chi connectivity index (χ0v) is 13.7. The second kappa shape index (κ2) is 6.00. The highest BCUT2D eigenvalue weighted by Crippen LogP contribution is 2.54. The molecule has 0 amide bonds. The molecule has 2 heteroatoms. The summed E-state index contributed by atoms with van der Waals surface area (Å²) in [6.45, 7) is 7.35. The maximum Gasteiger partial charge on any atom is 0.0670 e. The number of nitrogens with one attached hydrogen (secondary N) is 1. The highest BCUT2D eigenvalue weighted by molar-refractivity contribution is 5.50. The molecule has 1 aromatic carbocycles. The molecule has 1 N–H and O–H groups in total. The molecule has 1 spiro atoms. The number of rotatable bonds is 4. The van der Waals surface area contributed by atoms with Gasteiger partial charge in [0.05, 0.1) is 6.10 Å². The van der Waals surface area contributed by atoms with E-state index in [4.69, 9.17) is 4.74 Å². The summed E-state index contributed by atoms with van der Waals surface area (Å²) in [7, 11) is 0. The van der Waals surface area contributed by atoms with Crippen molar-refractivity contribution in [3.63, 3.8) is 0 Å². The number of hydrogen-bond acceptors (Lipinski definition) is 2. The Balaban J connectivity index is 1.73. The Hall–Kier alpha value is -1.02. The average molecular weight is 287 g/mol. The van der Waals surface area contributed by atoms with Gasteiger partial charge in [-0.25, -0.2) is 0 Å². The highest BCUT2D eigenvalue weighted by Gasteiger charge is 2.55. The van der Waals surface area contributed by atoms with E-state index in [-0.39, 0.29) is 0 Å². The fourth-order valence-corrected chi connectivity index (χ4v) is 4.30. The van der Waals surface area contributed by atoms with Crippen molar-refractivity contribution in [1.82, 2.24) is 0 Å². The quantitative estimate of drug-likeness (QED) is 0.855. The van der Waals surface area contributed by atoms with Crippen molar-refractivity contribution in [2.24, 2.45) is 5.41 Å². The Labute approximate surface area is 129 Å². The second-order valence-electron chi connectivity index (χ2n) is 6.97. The van der Waals surface area contributed by atoms with Crippen LogP contribution in [0.1, 0.15) is 56.6 Å². The van der Waals surface area contributed by atoms with Gasteiger partial charge in [-0.3, -0.25) is 0 Å². The monoisotopic (exact) mass is 287 g/mol. The molecule has 0 bridgehead atoms. The van der Waals surface area contributed by atoms with Crippen LogP contribution < -0.4 is 5.32 Å². The lowest BCUT2D eigenvalue weighted by atomic mass is 9.55. The van der Waals surface area contributed by atoms with E-state index in [2.05, 4.69) is 44.3 Å². The molecule has 2 nitrogen and oxygen atoms in total. The summed E-state index contributed by atoms with van der Waals surface area (Å²) in [5, 5.41) is 3.82. The van der Waals surface area contributed by atoms with Crippen LogP contribution in [-0.4, -0.2) is 18.8 Å². The molecule has 0 saturated heterocycles. The molecule has 0 aliphatic heterocycles. The van der Waals surface area contributed by atoms with Gasteiger partial charge in [0.25, 0.3) is 0 Å². The first-order chi connectivity index (χ1) is 10.2. The largest absolute Gasteiger partial charge is 0.382 e. The first kappa shape index (κ1) is 14.9. The summed E-state index contributed by atoms with van der Waals surface area (Å²) in [5.74, 6) is 0. The third kappa shape index (κ3) is 2.70.